The van der Waals surface area contributed by atoms with Gasteiger partial charge in [-0.15, -0.1) is 11.3 Å². The van der Waals surface area contributed by atoms with Gasteiger partial charge in [0, 0.05) is 10.9 Å². The van der Waals surface area contributed by atoms with Crippen molar-refractivity contribution in [3.05, 3.63) is 46.4 Å². The molecular weight excluding hydrogens is 312 g/mol. The molecule has 0 saturated heterocycles. The van der Waals surface area contributed by atoms with Gasteiger partial charge < -0.3 is 15.2 Å². The minimum atomic E-state index is -0.437. The lowest BCUT2D eigenvalue weighted by Crippen LogP contribution is -2.45. The SMILES string of the molecule is O=C(NC1CCCCC1O)c1ccc(OCc2cscn2)cc1. The maximum atomic E-state index is 12.2. The van der Waals surface area contributed by atoms with Crippen LogP contribution < -0.4 is 10.1 Å². The quantitative estimate of drug-likeness (QED) is 0.883. The molecule has 1 heterocycles. The van der Waals surface area contributed by atoms with E-state index >= 15 is 0 Å². The Bertz CT molecular complexity index is 628. The molecule has 1 aromatic heterocycles. The molecule has 122 valence electrons. The second-order valence-corrected chi connectivity index (χ2v) is 6.44. The number of rotatable bonds is 5. The van der Waals surface area contributed by atoms with E-state index < -0.39 is 6.10 Å². The molecule has 1 amide bonds. The first-order valence-corrected chi connectivity index (χ1v) is 8.75. The Kier molecular flexibility index (Phi) is 5.25. The van der Waals surface area contributed by atoms with Gasteiger partial charge in [0.05, 0.1) is 23.4 Å². The van der Waals surface area contributed by atoms with Gasteiger partial charge in [-0.3, -0.25) is 4.79 Å². The number of ether oxygens (including phenoxy) is 1. The number of hydrogen-bond acceptors (Lipinski definition) is 5. The molecule has 0 radical (unpaired) electrons. The lowest BCUT2D eigenvalue weighted by molar-refractivity contribution is 0.0717. The van der Waals surface area contributed by atoms with Gasteiger partial charge in [-0.1, -0.05) is 12.8 Å². The minimum Gasteiger partial charge on any atom is -0.487 e. The van der Waals surface area contributed by atoms with Crippen LogP contribution in [0, 0.1) is 0 Å². The van der Waals surface area contributed by atoms with Crippen LogP contribution >= 0.6 is 11.3 Å². The van der Waals surface area contributed by atoms with Gasteiger partial charge in [-0.25, -0.2) is 4.98 Å². The molecule has 6 heteroatoms. The molecule has 2 N–H and O–H groups in total. The minimum absolute atomic E-state index is 0.142. The summed E-state index contributed by atoms with van der Waals surface area (Å²) < 4.78 is 5.62. The molecule has 2 aromatic rings. The summed E-state index contributed by atoms with van der Waals surface area (Å²) in [6.07, 6.45) is 3.23. The monoisotopic (exact) mass is 332 g/mol. The Morgan fingerprint density at radius 2 is 2.09 bits per heavy atom. The van der Waals surface area contributed by atoms with Crippen molar-refractivity contribution < 1.29 is 14.6 Å². The number of carbonyl (C=O) groups excluding carboxylic acids is 1. The number of carbonyl (C=O) groups is 1. The molecule has 2 unspecified atom stereocenters. The smallest absolute Gasteiger partial charge is 0.251 e. The molecule has 1 saturated carbocycles. The van der Waals surface area contributed by atoms with Crippen LogP contribution in [0.15, 0.2) is 35.2 Å². The highest BCUT2D eigenvalue weighted by molar-refractivity contribution is 7.07. The van der Waals surface area contributed by atoms with Gasteiger partial charge in [0.2, 0.25) is 0 Å². The van der Waals surface area contributed by atoms with E-state index in [0.717, 1.165) is 31.4 Å². The van der Waals surface area contributed by atoms with Crippen LogP contribution in [0.3, 0.4) is 0 Å². The molecule has 1 fully saturated rings. The lowest BCUT2D eigenvalue weighted by Gasteiger charge is -2.28. The van der Waals surface area contributed by atoms with Crippen LogP contribution in [-0.2, 0) is 6.61 Å². The van der Waals surface area contributed by atoms with Crippen LogP contribution in [0.2, 0.25) is 0 Å². The number of aliphatic hydroxyl groups is 1. The highest BCUT2D eigenvalue weighted by Gasteiger charge is 2.24. The number of benzene rings is 1. The second-order valence-electron chi connectivity index (χ2n) is 5.72. The third-order valence-corrected chi connectivity index (χ3v) is 4.67. The van der Waals surface area contributed by atoms with E-state index in [9.17, 15) is 9.90 Å². The van der Waals surface area contributed by atoms with E-state index in [0.29, 0.717) is 17.9 Å². The number of nitrogens with zero attached hydrogens (tertiary/aromatic N) is 1. The molecule has 1 aliphatic rings. The van der Waals surface area contributed by atoms with Gasteiger partial charge >= 0.3 is 0 Å². The molecule has 0 bridgehead atoms. The van der Waals surface area contributed by atoms with Crippen LogP contribution in [0.4, 0.5) is 0 Å². The highest BCUT2D eigenvalue weighted by atomic mass is 32.1. The van der Waals surface area contributed by atoms with E-state index in [1.165, 1.54) is 11.3 Å². The van der Waals surface area contributed by atoms with Gasteiger partial charge in [0.15, 0.2) is 0 Å². The standard InChI is InChI=1S/C17H20N2O3S/c20-16-4-2-1-3-15(16)19-17(21)12-5-7-14(8-6-12)22-9-13-10-23-11-18-13/h5-8,10-11,15-16,20H,1-4,9H2,(H,19,21). The van der Waals surface area contributed by atoms with Crippen molar-refractivity contribution in [2.24, 2.45) is 0 Å². The Labute approximate surface area is 139 Å². The van der Waals surface area contributed by atoms with E-state index in [4.69, 9.17) is 4.74 Å². The van der Waals surface area contributed by atoms with Gasteiger partial charge in [-0.2, -0.15) is 0 Å². The third kappa shape index (κ3) is 4.30. The molecular formula is C17H20N2O3S. The van der Waals surface area contributed by atoms with Crippen molar-refractivity contribution in [2.75, 3.05) is 0 Å². The zero-order chi connectivity index (χ0) is 16.1. The van der Waals surface area contributed by atoms with Crippen LogP contribution in [0.5, 0.6) is 5.75 Å². The number of hydrogen-bond donors (Lipinski definition) is 2. The van der Waals surface area contributed by atoms with E-state index in [-0.39, 0.29) is 11.9 Å². The largest absolute Gasteiger partial charge is 0.487 e. The summed E-state index contributed by atoms with van der Waals surface area (Å²) in [5, 5.41) is 14.8. The summed E-state index contributed by atoms with van der Waals surface area (Å²) >= 11 is 1.53. The zero-order valence-electron chi connectivity index (χ0n) is 12.8. The number of aromatic nitrogens is 1. The molecule has 0 aliphatic heterocycles. The first-order valence-electron chi connectivity index (χ1n) is 7.81. The highest BCUT2D eigenvalue weighted by Crippen LogP contribution is 2.19. The maximum Gasteiger partial charge on any atom is 0.251 e. The first kappa shape index (κ1) is 16.0. The summed E-state index contributed by atoms with van der Waals surface area (Å²) in [6.45, 7) is 0.420. The Morgan fingerprint density at radius 3 is 2.78 bits per heavy atom. The third-order valence-electron chi connectivity index (χ3n) is 4.03. The molecule has 0 spiro atoms. The molecule has 3 rings (SSSR count). The summed E-state index contributed by atoms with van der Waals surface area (Å²) in [5.41, 5.74) is 3.23. The van der Waals surface area contributed by atoms with Crippen LogP contribution in [-0.4, -0.2) is 28.1 Å². The predicted octanol–water partition coefficient (Wildman–Crippen LogP) is 2.76. The van der Waals surface area contributed by atoms with Crippen molar-refractivity contribution in [1.29, 1.82) is 0 Å². The first-order chi connectivity index (χ1) is 11.2. The zero-order valence-corrected chi connectivity index (χ0v) is 13.6. The van der Waals surface area contributed by atoms with E-state index in [1.807, 2.05) is 5.38 Å². The van der Waals surface area contributed by atoms with Gasteiger partial charge in [0.1, 0.15) is 12.4 Å². The summed E-state index contributed by atoms with van der Waals surface area (Å²) in [4.78, 5) is 16.4. The normalized spacial score (nSPS) is 20.9. The summed E-state index contributed by atoms with van der Waals surface area (Å²) in [6, 6.07) is 6.88. The molecule has 1 aliphatic carbocycles. The van der Waals surface area contributed by atoms with Crippen LogP contribution in [0.25, 0.3) is 0 Å². The fourth-order valence-electron chi connectivity index (χ4n) is 2.70. The summed E-state index contributed by atoms with van der Waals surface area (Å²) in [5.74, 6) is 0.550. The molecule has 5 nitrogen and oxygen atoms in total. The molecule has 2 atom stereocenters. The second kappa shape index (κ2) is 7.57. The Hall–Kier alpha value is -1.92. The number of amides is 1. The van der Waals surface area contributed by atoms with Crippen LogP contribution in [0.1, 0.15) is 41.7 Å². The Balaban J connectivity index is 1.54. The van der Waals surface area contributed by atoms with Crippen molar-refractivity contribution in [3.8, 4) is 5.75 Å². The average Bonchev–Trinajstić information content (AvgIpc) is 3.09. The number of aliphatic hydroxyl groups excluding tert-OH is 1. The maximum absolute atomic E-state index is 12.2. The predicted molar refractivity (Wildman–Crippen MR) is 88.6 cm³/mol. The van der Waals surface area contributed by atoms with Crippen molar-refractivity contribution in [2.45, 2.75) is 44.4 Å². The van der Waals surface area contributed by atoms with Gasteiger partial charge in [0.25, 0.3) is 5.91 Å². The fraction of sp³-hybridized carbons (Fsp3) is 0.412. The fourth-order valence-corrected chi connectivity index (χ4v) is 3.24. The Morgan fingerprint density at radius 1 is 1.30 bits per heavy atom. The number of nitrogens with one attached hydrogen (secondary N) is 1. The average molecular weight is 332 g/mol. The van der Waals surface area contributed by atoms with Crippen molar-refractivity contribution >= 4 is 17.2 Å². The summed E-state index contributed by atoms with van der Waals surface area (Å²) in [7, 11) is 0. The van der Waals surface area contributed by atoms with E-state index in [1.54, 1.807) is 29.8 Å². The number of thiazole rings is 1. The van der Waals surface area contributed by atoms with Gasteiger partial charge in [-0.05, 0) is 37.1 Å². The molecule has 1 aromatic carbocycles. The lowest BCUT2D eigenvalue weighted by atomic mass is 9.92. The molecule has 23 heavy (non-hydrogen) atoms. The van der Waals surface area contributed by atoms with Crippen molar-refractivity contribution in [1.82, 2.24) is 10.3 Å². The van der Waals surface area contributed by atoms with E-state index in [2.05, 4.69) is 10.3 Å². The van der Waals surface area contributed by atoms with Crippen molar-refractivity contribution in [3.63, 3.8) is 0 Å². The topological polar surface area (TPSA) is 71.5 Å².